The summed E-state index contributed by atoms with van der Waals surface area (Å²) in [7, 11) is 0. The highest BCUT2D eigenvalue weighted by molar-refractivity contribution is 4.92. The van der Waals surface area contributed by atoms with Gasteiger partial charge >= 0.3 is 0 Å². The monoisotopic (exact) mass is 239 g/mol. The van der Waals surface area contributed by atoms with Gasteiger partial charge in [0.05, 0.1) is 11.7 Å². The second-order valence-electron chi connectivity index (χ2n) is 6.57. The van der Waals surface area contributed by atoms with Gasteiger partial charge in [-0.15, -0.1) is 0 Å². The number of nitrogens with one attached hydrogen (secondary N) is 1. The van der Waals surface area contributed by atoms with Crippen molar-refractivity contribution in [3.63, 3.8) is 0 Å². The molecule has 0 aromatic heterocycles. The summed E-state index contributed by atoms with van der Waals surface area (Å²) < 4.78 is 6.35. The van der Waals surface area contributed by atoms with E-state index in [9.17, 15) is 0 Å². The zero-order valence-corrected chi connectivity index (χ0v) is 11.8. The molecule has 0 aliphatic heterocycles. The lowest BCUT2D eigenvalue weighted by Gasteiger charge is -2.44. The predicted octanol–water partition coefficient (Wildman–Crippen LogP) is 3.50. The fourth-order valence-electron chi connectivity index (χ4n) is 2.93. The van der Waals surface area contributed by atoms with Crippen molar-refractivity contribution in [3.8, 4) is 0 Å². The smallest absolute Gasteiger partial charge is 0.0698 e. The van der Waals surface area contributed by atoms with E-state index in [2.05, 4.69) is 26.1 Å². The van der Waals surface area contributed by atoms with Crippen LogP contribution in [0.5, 0.6) is 0 Å². The van der Waals surface area contributed by atoms with Gasteiger partial charge in [0.1, 0.15) is 0 Å². The van der Waals surface area contributed by atoms with Gasteiger partial charge in [0.25, 0.3) is 0 Å². The van der Waals surface area contributed by atoms with Gasteiger partial charge in [-0.2, -0.15) is 0 Å². The van der Waals surface area contributed by atoms with Crippen molar-refractivity contribution >= 4 is 0 Å². The van der Waals surface area contributed by atoms with E-state index in [0.717, 1.165) is 18.5 Å². The molecule has 1 atom stereocenters. The summed E-state index contributed by atoms with van der Waals surface area (Å²) in [5.41, 5.74) is 0.232. The highest BCUT2D eigenvalue weighted by atomic mass is 16.5. The molecule has 1 unspecified atom stereocenters. The van der Waals surface area contributed by atoms with Crippen molar-refractivity contribution in [1.82, 2.24) is 5.32 Å². The van der Waals surface area contributed by atoms with E-state index in [0.29, 0.717) is 6.10 Å². The van der Waals surface area contributed by atoms with Crippen LogP contribution in [0, 0.1) is 5.92 Å². The van der Waals surface area contributed by atoms with Gasteiger partial charge in [0, 0.05) is 6.04 Å². The van der Waals surface area contributed by atoms with E-state index >= 15 is 0 Å². The minimum absolute atomic E-state index is 0.232. The molecule has 0 heterocycles. The molecule has 2 aliphatic rings. The van der Waals surface area contributed by atoms with Crippen LogP contribution in [0.3, 0.4) is 0 Å². The molecule has 17 heavy (non-hydrogen) atoms. The van der Waals surface area contributed by atoms with E-state index < -0.39 is 0 Å². The van der Waals surface area contributed by atoms with Crippen LogP contribution in [-0.2, 0) is 4.74 Å². The summed E-state index contributed by atoms with van der Waals surface area (Å²) in [6.07, 6.45) is 9.52. The molecule has 0 radical (unpaired) electrons. The molecule has 2 rings (SSSR count). The van der Waals surface area contributed by atoms with E-state index in [1.165, 1.54) is 44.9 Å². The topological polar surface area (TPSA) is 21.3 Å². The van der Waals surface area contributed by atoms with E-state index in [4.69, 9.17) is 4.74 Å². The molecule has 0 saturated heterocycles. The zero-order valence-electron chi connectivity index (χ0n) is 11.8. The first kappa shape index (κ1) is 13.4. The van der Waals surface area contributed by atoms with Gasteiger partial charge in [-0.25, -0.2) is 0 Å². The molecule has 0 amide bonds. The molecule has 100 valence electrons. The second kappa shape index (κ2) is 5.71. The fraction of sp³-hybridized carbons (Fsp3) is 1.00. The lowest BCUT2D eigenvalue weighted by Crippen LogP contribution is -2.45. The maximum Gasteiger partial charge on any atom is 0.0698 e. The van der Waals surface area contributed by atoms with Crippen molar-refractivity contribution in [2.24, 2.45) is 5.92 Å². The molecule has 2 heteroatoms. The van der Waals surface area contributed by atoms with Crippen LogP contribution in [0.1, 0.15) is 65.7 Å². The number of hydrogen-bond acceptors (Lipinski definition) is 2. The van der Waals surface area contributed by atoms with Crippen LogP contribution in [0.15, 0.2) is 0 Å². The van der Waals surface area contributed by atoms with Gasteiger partial charge < -0.3 is 10.1 Å². The second-order valence-corrected chi connectivity index (χ2v) is 6.57. The standard InChI is InChI=1S/C15H29NO/c1-12(2)11-13(3)17-15(7-4-8-15)9-10-16-14-5-6-14/h12-14,16H,4-11H2,1-3H3. The number of rotatable bonds is 8. The Labute approximate surface area is 107 Å². The summed E-state index contributed by atoms with van der Waals surface area (Å²) in [6.45, 7) is 7.96. The van der Waals surface area contributed by atoms with Gasteiger partial charge in [-0.1, -0.05) is 13.8 Å². The Morgan fingerprint density at radius 2 is 1.94 bits per heavy atom. The Bertz CT molecular complexity index is 231. The van der Waals surface area contributed by atoms with Crippen LogP contribution >= 0.6 is 0 Å². The highest BCUT2D eigenvalue weighted by Gasteiger charge is 2.39. The third kappa shape index (κ3) is 4.26. The zero-order chi connectivity index (χ0) is 12.3. The largest absolute Gasteiger partial charge is 0.372 e. The molecule has 1 N–H and O–H groups in total. The van der Waals surface area contributed by atoms with Crippen LogP contribution in [0.4, 0.5) is 0 Å². The summed E-state index contributed by atoms with van der Waals surface area (Å²) >= 11 is 0. The SMILES string of the molecule is CC(C)CC(C)OC1(CCNC2CC2)CCC1. The van der Waals surface area contributed by atoms with Crippen LogP contribution in [-0.4, -0.2) is 24.3 Å². The molecule has 0 spiro atoms. The lowest BCUT2D eigenvalue weighted by molar-refractivity contribution is -0.141. The number of ether oxygens (including phenoxy) is 1. The normalized spacial score (nSPS) is 24.7. The van der Waals surface area contributed by atoms with Gasteiger partial charge in [-0.3, -0.25) is 0 Å². The van der Waals surface area contributed by atoms with Crippen molar-refractivity contribution in [3.05, 3.63) is 0 Å². The van der Waals surface area contributed by atoms with E-state index in [-0.39, 0.29) is 5.60 Å². The van der Waals surface area contributed by atoms with Crippen molar-refractivity contribution < 1.29 is 4.74 Å². The van der Waals surface area contributed by atoms with Crippen LogP contribution in [0.2, 0.25) is 0 Å². The van der Waals surface area contributed by atoms with Gasteiger partial charge in [-0.05, 0) is 64.3 Å². The lowest BCUT2D eigenvalue weighted by atomic mass is 9.77. The van der Waals surface area contributed by atoms with E-state index in [1.54, 1.807) is 0 Å². The Hall–Kier alpha value is -0.0800. The summed E-state index contributed by atoms with van der Waals surface area (Å²) in [5.74, 6) is 0.742. The van der Waals surface area contributed by atoms with Crippen molar-refractivity contribution in [2.45, 2.75) is 83.5 Å². The molecular weight excluding hydrogens is 210 g/mol. The van der Waals surface area contributed by atoms with Crippen LogP contribution < -0.4 is 5.32 Å². The average Bonchev–Trinajstić information content (AvgIpc) is 2.96. The average molecular weight is 239 g/mol. The quantitative estimate of drug-likeness (QED) is 0.700. The Kier molecular flexibility index (Phi) is 4.48. The Balaban J connectivity index is 1.69. The molecule has 0 aromatic carbocycles. The molecule has 2 fully saturated rings. The van der Waals surface area contributed by atoms with Crippen molar-refractivity contribution in [2.75, 3.05) is 6.54 Å². The van der Waals surface area contributed by atoms with E-state index in [1.807, 2.05) is 0 Å². The maximum absolute atomic E-state index is 6.35. The summed E-state index contributed by atoms with van der Waals surface area (Å²) in [6, 6.07) is 0.834. The number of hydrogen-bond donors (Lipinski definition) is 1. The summed E-state index contributed by atoms with van der Waals surface area (Å²) in [5, 5.41) is 3.61. The third-order valence-electron chi connectivity index (χ3n) is 4.11. The first-order valence-electron chi connectivity index (χ1n) is 7.51. The first-order chi connectivity index (χ1) is 8.10. The highest BCUT2D eigenvalue weighted by Crippen LogP contribution is 2.40. The summed E-state index contributed by atoms with van der Waals surface area (Å²) in [4.78, 5) is 0. The molecule has 2 aliphatic carbocycles. The predicted molar refractivity (Wildman–Crippen MR) is 72.2 cm³/mol. The Morgan fingerprint density at radius 3 is 2.41 bits per heavy atom. The third-order valence-corrected chi connectivity index (χ3v) is 4.11. The molecule has 0 bridgehead atoms. The molecule has 2 saturated carbocycles. The minimum Gasteiger partial charge on any atom is -0.372 e. The fourth-order valence-corrected chi connectivity index (χ4v) is 2.93. The minimum atomic E-state index is 0.232. The first-order valence-corrected chi connectivity index (χ1v) is 7.51. The Morgan fingerprint density at radius 1 is 1.24 bits per heavy atom. The molecule has 0 aromatic rings. The van der Waals surface area contributed by atoms with Gasteiger partial charge in [0.15, 0.2) is 0 Å². The maximum atomic E-state index is 6.35. The van der Waals surface area contributed by atoms with Gasteiger partial charge in [0.2, 0.25) is 0 Å². The molecule has 2 nitrogen and oxygen atoms in total. The van der Waals surface area contributed by atoms with Crippen LogP contribution in [0.25, 0.3) is 0 Å². The van der Waals surface area contributed by atoms with Crippen molar-refractivity contribution in [1.29, 1.82) is 0 Å². The molecular formula is C15H29NO.